The smallest absolute Gasteiger partial charge is 0.0187 e. The quantitative estimate of drug-likeness (QED) is 0.739. The first-order chi connectivity index (χ1) is 7.13. The lowest BCUT2D eigenvalue weighted by Crippen LogP contribution is -2.38. The minimum Gasteiger partial charge on any atom is -0.329 e. The van der Waals surface area contributed by atoms with Crippen LogP contribution in [0.3, 0.4) is 0 Å². The van der Waals surface area contributed by atoms with Gasteiger partial charge in [0.15, 0.2) is 0 Å². The van der Waals surface area contributed by atoms with Gasteiger partial charge in [-0.25, -0.2) is 0 Å². The van der Waals surface area contributed by atoms with E-state index in [2.05, 4.69) is 30.8 Å². The number of nitrogens with two attached hydrogens (primary N) is 1. The highest BCUT2D eigenvalue weighted by Crippen LogP contribution is 2.18. The largest absolute Gasteiger partial charge is 0.329 e. The van der Waals surface area contributed by atoms with Crippen LogP contribution in [-0.4, -0.2) is 56.1 Å². The van der Waals surface area contributed by atoms with Gasteiger partial charge in [0.1, 0.15) is 0 Å². The van der Waals surface area contributed by atoms with E-state index in [1.165, 1.54) is 38.9 Å². The molecular formula is C12H27N3. The molecule has 0 aromatic carbocycles. The Kier molecular flexibility index (Phi) is 5.58. The van der Waals surface area contributed by atoms with Crippen molar-refractivity contribution in [2.45, 2.75) is 32.2 Å². The molecule has 0 aromatic rings. The monoisotopic (exact) mass is 213 g/mol. The number of nitrogens with zero attached hydrogens (tertiary/aromatic N) is 2. The fourth-order valence-electron chi connectivity index (χ4n) is 2.30. The molecule has 1 rings (SSSR count). The van der Waals surface area contributed by atoms with E-state index >= 15 is 0 Å². The summed E-state index contributed by atoms with van der Waals surface area (Å²) < 4.78 is 0. The summed E-state index contributed by atoms with van der Waals surface area (Å²) in [4.78, 5) is 4.84. The molecule has 0 radical (unpaired) electrons. The number of rotatable bonds is 5. The van der Waals surface area contributed by atoms with Gasteiger partial charge in [-0.3, -0.25) is 0 Å². The van der Waals surface area contributed by atoms with Crippen LogP contribution in [0.4, 0.5) is 0 Å². The van der Waals surface area contributed by atoms with Crippen LogP contribution in [0, 0.1) is 5.92 Å². The predicted octanol–water partition coefficient (Wildman–Crippen LogP) is 0.997. The first-order valence-electron chi connectivity index (χ1n) is 6.22. The number of hydrogen-bond acceptors (Lipinski definition) is 3. The molecule has 0 aromatic heterocycles. The van der Waals surface area contributed by atoms with Gasteiger partial charge in [-0.05, 0) is 59.3 Å². The van der Waals surface area contributed by atoms with Gasteiger partial charge in [-0.15, -0.1) is 0 Å². The molecule has 1 heterocycles. The summed E-state index contributed by atoms with van der Waals surface area (Å²) in [5, 5.41) is 0. The van der Waals surface area contributed by atoms with Gasteiger partial charge >= 0.3 is 0 Å². The van der Waals surface area contributed by atoms with Crippen molar-refractivity contribution in [1.29, 1.82) is 0 Å². The summed E-state index contributed by atoms with van der Waals surface area (Å²) in [7, 11) is 4.42. The lowest BCUT2D eigenvalue weighted by atomic mass is 9.95. The van der Waals surface area contributed by atoms with E-state index in [-0.39, 0.29) is 0 Å². The highest BCUT2D eigenvalue weighted by atomic mass is 15.1. The predicted molar refractivity (Wildman–Crippen MR) is 66.0 cm³/mol. The Labute approximate surface area is 94.6 Å². The fourth-order valence-corrected chi connectivity index (χ4v) is 2.30. The molecule has 2 atom stereocenters. The second kappa shape index (κ2) is 6.46. The molecule has 1 aliphatic heterocycles. The molecule has 1 aliphatic rings. The molecule has 2 N–H and O–H groups in total. The fraction of sp³-hybridized carbons (Fsp3) is 1.00. The van der Waals surface area contributed by atoms with Crippen LogP contribution in [0.25, 0.3) is 0 Å². The SMILES string of the molecule is CC(CN)N(C)CCC1CCCN(C)C1. The van der Waals surface area contributed by atoms with Crippen LogP contribution in [0.15, 0.2) is 0 Å². The number of piperidine rings is 1. The molecule has 1 saturated heterocycles. The van der Waals surface area contributed by atoms with Gasteiger partial charge in [0, 0.05) is 19.1 Å². The number of hydrogen-bond donors (Lipinski definition) is 1. The molecule has 0 bridgehead atoms. The van der Waals surface area contributed by atoms with Crippen molar-refractivity contribution in [3.05, 3.63) is 0 Å². The summed E-state index contributed by atoms with van der Waals surface area (Å²) in [5.74, 6) is 0.899. The van der Waals surface area contributed by atoms with Crippen LogP contribution >= 0.6 is 0 Å². The minimum atomic E-state index is 0.520. The summed E-state index contributed by atoms with van der Waals surface area (Å²) in [6.07, 6.45) is 4.11. The summed E-state index contributed by atoms with van der Waals surface area (Å²) in [5.41, 5.74) is 5.65. The zero-order valence-electron chi connectivity index (χ0n) is 10.6. The zero-order chi connectivity index (χ0) is 11.3. The molecule has 0 aliphatic carbocycles. The molecule has 15 heavy (non-hydrogen) atoms. The van der Waals surface area contributed by atoms with Crippen molar-refractivity contribution < 1.29 is 0 Å². The van der Waals surface area contributed by atoms with Crippen molar-refractivity contribution in [3.8, 4) is 0 Å². The molecule has 0 amide bonds. The third kappa shape index (κ3) is 4.49. The summed E-state index contributed by atoms with van der Waals surface area (Å²) in [6, 6.07) is 0.520. The molecular weight excluding hydrogens is 186 g/mol. The van der Waals surface area contributed by atoms with Crippen molar-refractivity contribution in [1.82, 2.24) is 9.80 Å². The Balaban J connectivity index is 2.18. The standard InChI is InChI=1S/C12H27N3/c1-11(9-13)15(3)8-6-12-5-4-7-14(2)10-12/h11-12H,4-10,13H2,1-3H3. The van der Waals surface area contributed by atoms with E-state index in [9.17, 15) is 0 Å². The second-order valence-electron chi connectivity index (χ2n) is 5.12. The van der Waals surface area contributed by atoms with Crippen LogP contribution in [0.5, 0.6) is 0 Å². The lowest BCUT2D eigenvalue weighted by Gasteiger charge is -2.31. The third-order valence-electron chi connectivity index (χ3n) is 3.71. The van der Waals surface area contributed by atoms with Crippen LogP contribution in [-0.2, 0) is 0 Å². The number of likely N-dealkylation sites (N-methyl/N-ethyl adjacent to an activating group) is 1. The molecule has 0 spiro atoms. The van der Waals surface area contributed by atoms with Gasteiger partial charge in [0.05, 0.1) is 0 Å². The third-order valence-corrected chi connectivity index (χ3v) is 3.71. The topological polar surface area (TPSA) is 32.5 Å². The van der Waals surface area contributed by atoms with Gasteiger partial charge < -0.3 is 15.5 Å². The molecule has 1 fully saturated rings. The highest BCUT2D eigenvalue weighted by Gasteiger charge is 2.18. The van der Waals surface area contributed by atoms with E-state index in [1.807, 2.05) is 0 Å². The Morgan fingerprint density at radius 3 is 2.87 bits per heavy atom. The zero-order valence-corrected chi connectivity index (χ0v) is 10.6. The normalized spacial score (nSPS) is 25.8. The molecule has 2 unspecified atom stereocenters. The van der Waals surface area contributed by atoms with Gasteiger partial charge in [0.2, 0.25) is 0 Å². The minimum absolute atomic E-state index is 0.520. The maximum Gasteiger partial charge on any atom is 0.0187 e. The maximum absolute atomic E-state index is 5.65. The summed E-state index contributed by atoms with van der Waals surface area (Å²) in [6.45, 7) is 6.72. The second-order valence-corrected chi connectivity index (χ2v) is 5.12. The van der Waals surface area contributed by atoms with E-state index in [0.29, 0.717) is 6.04 Å². The van der Waals surface area contributed by atoms with Crippen LogP contribution < -0.4 is 5.73 Å². The molecule has 3 nitrogen and oxygen atoms in total. The Morgan fingerprint density at radius 2 is 2.27 bits per heavy atom. The number of likely N-dealkylation sites (tertiary alicyclic amines) is 1. The van der Waals surface area contributed by atoms with Gasteiger partial charge in [-0.2, -0.15) is 0 Å². The van der Waals surface area contributed by atoms with Crippen LogP contribution in [0.1, 0.15) is 26.2 Å². The highest BCUT2D eigenvalue weighted by molar-refractivity contribution is 4.73. The van der Waals surface area contributed by atoms with Gasteiger partial charge in [0.25, 0.3) is 0 Å². The van der Waals surface area contributed by atoms with E-state index in [1.54, 1.807) is 0 Å². The van der Waals surface area contributed by atoms with Crippen molar-refractivity contribution in [3.63, 3.8) is 0 Å². The van der Waals surface area contributed by atoms with Crippen LogP contribution in [0.2, 0.25) is 0 Å². The summed E-state index contributed by atoms with van der Waals surface area (Å²) >= 11 is 0. The average Bonchev–Trinajstić information content (AvgIpc) is 2.25. The maximum atomic E-state index is 5.65. The Morgan fingerprint density at radius 1 is 1.53 bits per heavy atom. The Hall–Kier alpha value is -0.120. The van der Waals surface area contributed by atoms with Gasteiger partial charge in [-0.1, -0.05) is 0 Å². The van der Waals surface area contributed by atoms with E-state index < -0.39 is 0 Å². The Bertz CT molecular complexity index is 172. The van der Waals surface area contributed by atoms with E-state index in [4.69, 9.17) is 5.73 Å². The lowest BCUT2D eigenvalue weighted by molar-refractivity contribution is 0.175. The molecule has 90 valence electrons. The average molecular weight is 213 g/mol. The first kappa shape index (κ1) is 12.9. The van der Waals surface area contributed by atoms with E-state index in [0.717, 1.165) is 12.5 Å². The van der Waals surface area contributed by atoms with Crippen molar-refractivity contribution in [2.75, 3.05) is 40.3 Å². The molecule has 3 heteroatoms. The van der Waals surface area contributed by atoms with Crippen molar-refractivity contribution >= 4 is 0 Å². The molecule has 0 saturated carbocycles. The first-order valence-corrected chi connectivity index (χ1v) is 6.22. The van der Waals surface area contributed by atoms with Crippen molar-refractivity contribution in [2.24, 2.45) is 11.7 Å².